The molecule has 0 aliphatic rings. The van der Waals surface area contributed by atoms with Crippen molar-refractivity contribution in [1.29, 1.82) is 5.26 Å². The fourth-order valence-electron chi connectivity index (χ4n) is 1.47. The van der Waals surface area contributed by atoms with Gasteiger partial charge in [-0.2, -0.15) is 5.26 Å². The Hall–Kier alpha value is -1.55. The largest absolute Gasteiger partial charge is 0.192 e. The Labute approximate surface area is 85.7 Å². The van der Waals surface area contributed by atoms with Crippen LogP contribution in [0.3, 0.4) is 0 Å². The van der Waals surface area contributed by atoms with Gasteiger partial charge in [-0.05, 0) is 17.5 Å². The number of benzene rings is 1. The lowest BCUT2D eigenvalue weighted by molar-refractivity contribution is 1.10. The highest BCUT2D eigenvalue weighted by molar-refractivity contribution is 5.52. The third-order valence-electron chi connectivity index (χ3n) is 2.37. The molecule has 0 saturated carbocycles. The summed E-state index contributed by atoms with van der Waals surface area (Å²) < 4.78 is 0. The van der Waals surface area contributed by atoms with Gasteiger partial charge < -0.3 is 0 Å². The first kappa shape index (κ1) is 10.5. The second-order valence-corrected chi connectivity index (χ2v) is 3.19. The molecule has 1 aromatic rings. The second-order valence-electron chi connectivity index (χ2n) is 3.19. The number of hydrogen-bond acceptors (Lipinski definition) is 1. The predicted octanol–water partition coefficient (Wildman–Crippen LogP) is 3.25. The highest BCUT2D eigenvalue weighted by Crippen LogP contribution is 2.22. The van der Waals surface area contributed by atoms with Gasteiger partial charge in [-0.15, -0.1) is 6.58 Å². The van der Waals surface area contributed by atoms with Gasteiger partial charge in [0.05, 0.1) is 11.6 Å². The van der Waals surface area contributed by atoms with Crippen LogP contribution in [0.4, 0.5) is 0 Å². The highest BCUT2D eigenvalue weighted by atomic mass is 14.3. The lowest BCUT2D eigenvalue weighted by Crippen LogP contribution is -1.98. The molecule has 0 unspecified atom stereocenters. The van der Waals surface area contributed by atoms with Crippen LogP contribution in [-0.2, 0) is 6.42 Å². The summed E-state index contributed by atoms with van der Waals surface area (Å²) in [5.41, 5.74) is 2.89. The van der Waals surface area contributed by atoms with Gasteiger partial charge >= 0.3 is 0 Å². The summed E-state index contributed by atoms with van der Waals surface area (Å²) in [6.07, 6.45) is 2.68. The molecule has 0 aliphatic carbocycles. The van der Waals surface area contributed by atoms with Gasteiger partial charge in [-0.25, -0.2) is 0 Å². The maximum atomic E-state index is 9.08. The van der Waals surface area contributed by atoms with Crippen molar-refractivity contribution in [2.45, 2.75) is 20.3 Å². The number of nitrogens with zero attached hydrogens (tertiary/aromatic N) is 1. The molecule has 0 heterocycles. The molecule has 0 N–H and O–H groups in total. The molecule has 1 rings (SSSR count). The van der Waals surface area contributed by atoms with E-state index in [0.717, 1.165) is 29.0 Å². The smallest absolute Gasteiger partial charge is 0.0997 e. The summed E-state index contributed by atoms with van der Waals surface area (Å²) in [7, 11) is 0. The highest BCUT2D eigenvalue weighted by Gasteiger charge is 2.10. The Morgan fingerprint density at radius 2 is 2.29 bits per heavy atom. The standard InChI is InChI=1S/C13H14N/c1-4-10(3)12-8-6-7-11(5-2)13(12)9-14/h4,6-8H,1,5H2,2-3H3. The van der Waals surface area contributed by atoms with Crippen LogP contribution in [0.1, 0.15) is 30.5 Å². The van der Waals surface area contributed by atoms with Crippen molar-refractivity contribution in [2.75, 3.05) is 0 Å². The SMILES string of the molecule is C=C[C](C)c1cccc(CC)c1C#N. The zero-order valence-electron chi connectivity index (χ0n) is 8.67. The minimum Gasteiger partial charge on any atom is -0.192 e. The van der Waals surface area contributed by atoms with Gasteiger partial charge in [0.25, 0.3) is 0 Å². The fourth-order valence-corrected chi connectivity index (χ4v) is 1.47. The Bertz CT molecular complexity index is 371. The average Bonchev–Trinajstić information content (AvgIpc) is 2.26. The van der Waals surface area contributed by atoms with E-state index in [1.165, 1.54) is 0 Å². The molecule has 0 aliphatic heterocycles. The van der Waals surface area contributed by atoms with Crippen molar-refractivity contribution in [3.8, 4) is 6.07 Å². The first-order valence-electron chi connectivity index (χ1n) is 4.73. The Morgan fingerprint density at radius 3 is 2.79 bits per heavy atom. The van der Waals surface area contributed by atoms with Gasteiger partial charge in [0, 0.05) is 5.92 Å². The van der Waals surface area contributed by atoms with Gasteiger partial charge in [-0.3, -0.25) is 0 Å². The second kappa shape index (κ2) is 4.62. The molecule has 0 saturated heterocycles. The van der Waals surface area contributed by atoms with E-state index in [9.17, 15) is 0 Å². The third-order valence-corrected chi connectivity index (χ3v) is 2.37. The molecule has 71 valence electrons. The maximum absolute atomic E-state index is 9.08. The summed E-state index contributed by atoms with van der Waals surface area (Å²) in [5.74, 6) is 1.05. The van der Waals surface area contributed by atoms with Crippen LogP contribution in [-0.4, -0.2) is 0 Å². The zero-order valence-corrected chi connectivity index (χ0v) is 8.67. The van der Waals surface area contributed by atoms with E-state index < -0.39 is 0 Å². The normalized spacial score (nSPS) is 9.86. The number of rotatable bonds is 3. The van der Waals surface area contributed by atoms with E-state index >= 15 is 0 Å². The summed E-state index contributed by atoms with van der Waals surface area (Å²) >= 11 is 0. The number of allylic oxidation sites excluding steroid dienone is 1. The molecule has 1 radical (unpaired) electrons. The van der Waals surface area contributed by atoms with Crippen molar-refractivity contribution < 1.29 is 0 Å². The predicted molar refractivity (Wildman–Crippen MR) is 58.8 cm³/mol. The van der Waals surface area contributed by atoms with Gasteiger partial charge in [-0.1, -0.05) is 38.1 Å². The molecule has 1 heteroatoms. The molecule has 0 fully saturated rings. The molecule has 14 heavy (non-hydrogen) atoms. The fraction of sp³-hybridized carbons (Fsp3) is 0.231. The summed E-state index contributed by atoms with van der Waals surface area (Å²) in [6, 6.07) is 8.22. The van der Waals surface area contributed by atoms with Gasteiger partial charge in [0.15, 0.2) is 0 Å². The molecule has 1 nitrogen and oxygen atoms in total. The molecule has 1 aromatic carbocycles. The minimum absolute atomic E-state index is 0.785. The van der Waals surface area contributed by atoms with E-state index in [1.807, 2.05) is 25.1 Å². The van der Waals surface area contributed by atoms with E-state index in [-0.39, 0.29) is 0 Å². The lowest BCUT2D eigenvalue weighted by atomic mass is 9.92. The van der Waals surface area contributed by atoms with Crippen molar-refractivity contribution in [3.63, 3.8) is 0 Å². The first-order valence-corrected chi connectivity index (χ1v) is 4.73. The Morgan fingerprint density at radius 1 is 1.57 bits per heavy atom. The van der Waals surface area contributed by atoms with Crippen molar-refractivity contribution >= 4 is 0 Å². The van der Waals surface area contributed by atoms with Crippen LogP contribution in [0, 0.1) is 17.2 Å². The quantitative estimate of drug-likeness (QED) is 0.707. The monoisotopic (exact) mass is 184 g/mol. The summed E-state index contributed by atoms with van der Waals surface area (Å²) in [5, 5.41) is 9.08. The van der Waals surface area contributed by atoms with E-state index in [1.54, 1.807) is 6.08 Å². The van der Waals surface area contributed by atoms with Crippen molar-refractivity contribution in [3.05, 3.63) is 53.5 Å². The van der Waals surface area contributed by atoms with Crippen LogP contribution in [0.25, 0.3) is 0 Å². The number of aryl methyl sites for hydroxylation is 1. The van der Waals surface area contributed by atoms with Gasteiger partial charge in [0.1, 0.15) is 0 Å². The maximum Gasteiger partial charge on any atom is 0.0997 e. The summed E-state index contributed by atoms with van der Waals surface area (Å²) in [4.78, 5) is 0. The molecule has 0 spiro atoms. The third kappa shape index (κ3) is 1.85. The van der Waals surface area contributed by atoms with Crippen LogP contribution in [0.2, 0.25) is 0 Å². The van der Waals surface area contributed by atoms with E-state index in [0.29, 0.717) is 0 Å². The van der Waals surface area contributed by atoms with Crippen LogP contribution in [0.15, 0.2) is 30.9 Å². The van der Waals surface area contributed by atoms with Crippen molar-refractivity contribution in [2.24, 2.45) is 0 Å². The van der Waals surface area contributed by atoms with E-state index in [2.05, 4.69) is 19.6 Å². The minimum atomic E-state index is 0.785. The van der Waals surface area contributed by atoms with Crippen LogP contribution >= 0.6 is 0 Å². The Kier molecular flexibility index (Phi) is 3.48. The number of nitriles is 1. The van der Waals surface area contributed by atoms with Crippen molar-refractivity contribution in [1.82, 2.24) is 0 Å². The van der Waals surface area contributed by atoms with Gasteiger partial charge in [0.2, 0.25) is 0 Å². The molecular formula is C13H14N. The molecular weight excluding hydrogens is 170 g/mol. The Balaban J connectivity index is 3.30. The van der Waals surface area contributed by atoms with E-state index in [4.69, 9.17) is 5.26 Å². The average molecular weight is 184 g/mol. The topological polar surface area (TPSA) is 23.8 Å². The van der Waals surface area contributed by atoms with Crippen LogP contribution < -0.4 is 0 Å². The molecule has 0 amide bonds. The lowest BCUT2D eigenvalue weighted by Gasteiger charge is -2.10. The molecule has 0 bridgehead atoms. The zero-order chi connectivity index (χ0) is 10.6. The molecule has 0 atom stereocenters. The first-order chi connectivity index (χ1) is 6.74. The van der Waals surface area contributed by atoms with Crippen LogP contribution in [0.5, 0.6) is 0 Å². The summed E-state index contributed by atoms with van der Waals surface area (Å²) in [6.45, 7) is 7.75. The number of hydrogen-bond donors (Lipinski definition) is 0. The molecule has 0 aromatic heterocycles.